The molecule has 1 aromatic carbocycles. The molecule has 24 heavy (non-hydrogen) atoms. The zero-order valence-corrected chi connectivity index (χ0v) is 16.1. The van der Waals surface area contributed by atoms with Crippen LogP contribution in [0.3, 0.4) is 0 Å². The Morgan fingerprint density at radius 3 is 2.25 bits per heavy atom. The van der Waals surface area contributed by atoms with Gasteiger partial charge in [0.25, 0.3) is 0 Å². The number of aliphatic hydroxyl groups excluding tert-OH is 1. The van der Waals surface area contributed by atoms with Crippen LogP contribution in [0.5, 0.6) is 5.75 Å². The fourth-order valence-corrected chi connectivity index (χ4v) is 3.81. The highest BCUT2D eigenvalue weighted by molar-refractivity contribution is 7.11. The molecule has 0 radical (unpaired) electrons. The number of nitrogens with one attached hydrogen (secondary N) is 1. The van der Waals surface area contributed by atoms with E-state index in [4.69, 9.17) is 4.74 Å². The van der Waals surface area contributed by atoms with Crippen molar-refractivity contribution in [2.45, 2.75) is 58.7 Å². The zero-order chi connectivity index (χ0) is 17.9. The second kappa shape index (κ2) is 8.10. The molecule has 4 nitrogen and oxygen atoms in total. The number of thiazole rings is 1. The highest BCUT2D eigenvalue weighted by Gasteiger charge is 2.22. The van der Waals surface area contributed by atoms with Gasteiger partial charge in [-0.3, -0.25) is 0 Å². The molecule has 2 aromatic rings. The molecule has 2 rings (SSSR count). The number of hydrogen-bond acceptors (Lipinski definition) is 5. The summed E-state index contributed by atoms with van der Waals surface area (Å²) in [4.78, 5) is 5.91. The zero-order valence-electron chi connectivity index (χ0n) is 15.3. The number of nitrogens with zero attached hydrogens (tertiary/aromatic N) is 1. The van der Waals surface area contributed by atoms with E-state index in [0.29, 0.717) is 5.92 Å². The van der Waals surface area contributed by atoms with Crippen molar-refractivity contribution in [1.82, 2.24) is 10.3 Å². The van der Waals surface area contributed by atoms with Crippen LogP contribution in [0.25, 0.3) is 0 Å². The largest absolute Gasteiger partial charge is 0.497 e. The summed E-state index contributed by atoms with van der Waals surface area (Å²) in [6.07, 6.45) is -0.573. The third-order valence-electron chi connectivity index (χ3n) is 4.18. The van der Waals surface area contributed by atoms with Crippen molar-refractivity contribution < 1.29 is 9.84 Å². The molecule has 0 fully saturated rings. The third kappa shape index (κ3) is 4.35. The van der Waals surface area contributed by atoms with Crippen LogP contribution in [0.15, 0.2) is 24.3 Å². The molecular weight excluding hydrogens is 320 g/mol. The van der Waals surface area contributed by atoms with Gasteiger partial charge >= 0.3 is 0 Å². The fourth-order valence-electron chi connectivity index (χ4n) is 2.73. The van der Waals surface area contributed by atoms with Gasteiger partial charge < -0.3 is 15.2 Å². The lowest BCUT2D eigenvalue weighted by atomic mass is 10.0. The first kappa shape index (κ1) is 18.9. The summed E-state index contributed by atoms with van der Waals surface area (Å²) in [7, 11) is 1.64. The second-order valence-corrected chi connectivity index (χ2v) is 7.61. The van der Waals surface area contributed by atoms with Gasteiger partial charge in [-0.2, -0.15) is 0 Å². The molecule has 0 amide bonds. The van der Waals surface area contributed by atoms with Crippen LogP contribution in [0.4, 0.5) is 0 Å². The first-order chi connectivity index (χ1) is 11.3. The van der Waals surface area contributed by atoms with E-state index in [1.54, 1.807) is 18.4 Å². The van der Waals surface area contributed by atoms with Crippen molar-refractivity contribution in [3.63, 3.8) is 0 Å². The summed E-state index contributed by atoms with van der Waals surface area (Å²) in [6.45, 7) is 10.5. The number of aromatic nitrogens is 1. The number of ether oxygens (including phenoxy) is 1. The van der Waals surface area contributed by atoms with E-state index in [9.17, 15) is 5.11 Å². The molecule has 0 aliphatic carbocycles. The van der Waals surface area contributed by atoms with E-state index >= 15 is 0 Å². The molecule has 3 atom stereocenters. The minimum atomic E-state index is -0.573. The molecule has 2 N–H and O–H groups in total. The van der Waals surface area contributed by atoms with Gasteiger partial charge in [0.2, 0.25) is 0 Å². The molecule has 1 heterocycles. The monoisotopic (exact) mass is 348 g/mol. The molecule has 0 spiro atoms. The normalized spacial score (nSPS) is 15.3. The minimum Gasteiger partial charge on any atom is -0.497 e. The summed E-state index contributed by atoms with van der Waals surface area (Å²) in [5, 5.41) is 15.3. The molecule has 1 aromatic heterocycles. The molecule has 5 heteroatoms. The summed E-state index contributed by atoms with van der Waals surface area (Å²) >= 11 is 1.76. The lowest BCUT2D eigenvalue weighted by Gasteiger charge is -2.24. The van der Waals surface area contributed by atoms with E-state index in [0.717, 1.165) is 17.0 Å². The smallest absolute Gasteiger partial charge is 0.118 e. The number of benzene rings is 1. The van der Waals surface area contributed by atoms with Gasteiger partial charge in [-0.15, -0.1) is 11.3 Å². The number of aryl methyl sites for hydroxylation is 1. The molecule has 0 bridgehead atoms. The predicted molar refractivity (Wildman–Crippen MR) is 99.9 cm³/mol. The minimum absolute atomic E-state index is 0.0719. The maximum Gasteiger partial charge on any atom is 0.118 e. The Kier molecular flexibility index (Phi) is 6.38. The van der Waals surface area contributed by atoms with Crippen molar-refractivity contribution in [1.29, 1.82) is 0 Å². The average Bonchev–Trinajstić information content (AvgIpc) is 2.96. The Morgan fingerprint density at radius 1 is 1.12 bits per heavy atom. The number of hydrogen-bond donors (Lipinski definition) is 2. The van der Waals surface area contributed by atoms with Gasteiger partial charge in [0.05, 0.1) is 23.9 Å². The maximum absolute atomic E-state index is 10.6. The van der Waals surface area contributed by atoms with E-state index in [-0.39, 0.29) is 12.1 Å². The van der Waals surface area contributed by atoms with E-state index in [1.807, 2.05) is 31.2 Å². The topological polar surface area (TPSA) is 54.4 Å². The highest BCUT2D eigenvalue weighted by Crippen LogP contribution is 2.30. The number of aliphatic hydroxyl groups is 1. The van der Waals surface area contributed by atoms with Crippen LogP contribution >= 0.6 is 11.3 Å². The van der Waals surface area contributed by atoms with E-state index in [1.165, 1.54) is 9.88 Å². The molecule has 0 aliphatic rings. The Balaban J connectivity index is 2.05. The van der Waals surface area contributed by atoms with Gasteiger partial charge in [-0.1, -0.05) is 26.0 Å². The van der Waals surface area contributed by atoms with Gasteiger partial charge in [-0.25, -0.2) is 4.98 Å². The Labute approximate surface area is 148 Å². The van der Waals surface area contributed by atoms with Gasteiger partial charge in [-0.05, 0) is 38.5 Å². The van der Waals surface area contributed by atoms with E-state index in [2.05, 4.69) is 38.0 Å². The summed E-state index contributed by atoms with van der Waals surface area (Å²) in [5.41, 5.74) is 1.96. The maximum atomic E-state index is 10.6. The van der Waals surface area contributed by atoms with Crippen molar-refractivity contribution in [3.8, 4) is 5.75 Å². The quantitative estimate of drug-likeness (QED) is 0.781. The summed E-state index contributed by atoms with van der Waals surface area (Å²) < 4.78 is 5.16. The Hall–Kier alpha value is -1.43. The van der Waals surface area contributed by atoms with Crippen LogP contribution in [0, 0.1) is 6.92 Å². The first-order valence-corrected chi connectivity index (χ1v) is 9.20. The van der Waals surface area contributed by atoms with Gasteiger partial charge in [0.15, 0.2) is 0 Å². The summed E-state index contributed by atoms with van der Waals surface area (Å²) in [5.74, 6) is 1.23. The first-order valence-electron chi connectivity index (χ1n) is 8.38. The van der Waals surface area contributed by atoms with Crippen molar-refractivity contribution in [2.24, 2.45) is 0 Å². The molecule has 0 saturated carbocycles. The fraction of sp³-hybridized carbons (Fsp3) is 0.526. The SMILES string of the molecule is COc1ccc(C(O)C(C)NC(C)c2sc(C(C)C)nc2C)cc1. The van der Waals surface area contributed by atoms with Gasteiger partial charge in [0.1, 0.15) is 5.75 Å². The summed E-state index contributed by atoms with van der Waals surface area (Å²) in [6, 6.07) is 7.63. The molecule has 3 unspecified atom stereocenters. The predicted octanol–water partition coefficient (Wildman–Crippen LogP) is 4.36. The van der Waals surface area contributed by atoms with E-state index < -0.39 is 6.10 Å². The average molecular weight is 349 g/mol. The van der Waals surface area contributed by atoms with Crippen molar-refractivity contribution in [3.05, 3.63) is 45.4 Å². The second-order valence-electron chi connectivity index (χ2n) is 6.55. The third-order valence-corrected chi connectivity index (χ3v) is 5.82. The lowest BCUT2D eigenvalue weighted by Crippen LogP contribution is -2.34. The van der Waals surface area contributed by atoms with Crippen LogP contribution in [-0.4, -0.2) is 23.2 Å². The highest BCUT2D eigenvalue weighted by atomic mass is 32.1. The molecule has 0 aliphatic heterocycles. The van der Waals surface area contributed by atoms with Crippen molar-refractivity contribution in [2.75, 3.05) is 7.11 Å². The van der Waals surface area contributed by atoms with Crippen LogP contribution < -0.4 is 10.1 Å². The molecular formula is C19H28N2O2S. The Bertz CT molecular complexity index is 652. The van der Waals surface area contributed by atoms with Crippen molar-refractivity contribution >= 4 is 11.3 Å². The number of methoxy groups -OCH3 is 1. The van der Waals surface area contributed by atoms with Gasteiger partial charge in [0, 0.05) is 22.9 Å². The van der Waals surface area contributed by atoms with Crippen LogP contribution in [0.2, 0.25) is 0 Å². The lowest BCUT2D eigenvalue weighted by molar-refractivity contribution is 0.130. The molecule has 132 valence electrons. The molecule has 0 saturated heterocycles. The van der Waals surface area contributed by atoms with Crippen LogP contribution in [-0.2, 0) is 0 Å². The van der Waals surface area contributed by atoms with Crippen LogP contribution in [0.1, 0.15) is 66.9 Å². The Morgan fingerprint density at radius 2 is 1.75 bits per heavy atom. The number of rotatable bonds is 7. The standard InChI is InChI=1S/C19H28N2O2S/c1-11(2)19-21-14(5)18(24-19)13(4)20-12(3)17(22)15-7-9-16(23-6)10-8-15/h7-13,17,20,22H,1-6H3.